The van der Waals surface area contributed by atoms with E-state index in [1.54, 1.807) is 13.0 Å². The molecule has 0 aromatic heterocycles. The van der Waals surface area contributed by atoms with Crippen molar-refractivity contribution in [1.29, 1.82) is 0 Å². The molecule has 26 heavy (non-hydrogen) atoms. The molecule has 4 N–H and O–H groups in total. The Morgan fingerprint density at radius 3 is 2.69 bits per heavy atom. The van der Waals surface area contributed by atoms with E-state index >= 15 is 0 Å². The van der Waals surface area contributed by atoms with Crippen LogP contribution in [0.3, 0.4) is 0 Å². The predicted octanol–water partition coefficient (Wildman–Crippen LogP) is 1.93. The zero-order valence-electron chi connectivity index (χ0n) is 13.9. The summed E-state index contributed by atoms with van der Waals surface area (Å²) in [6.45, 7) is 2.23. The van der Waals surface area contributed by atoms with Gasteiger partial charge >= 0.3 is 5.97 Å². The van der Waals surface area contributed by atoms with Crippen LogP contribution in [0.1, 0.15) is 12.5 Å². The Balaban J connectivity index is 1.74. The van der Waals surface area contributed by atoms with E-state index in [9.17, 15) is 13.2 Å². The zero-order chi connectivity index (χ0) is 18.5. The van der Waals surface area contributed by atoms with Gasteiger partial charge in [-0.05, 0) is 42.3 Å². The lowest BCUT2D eigenvalue weighted by molar-refractivity contribution is -0.138. The number of nitrogens with one attached hydrogen (secondary N) is 2. The first-order valence-electron chi connectivity index (χ1n) is 7.99. The third kappa shape index (κ3) is 2.63. The molecule has 7 nitrogen and oxygen atoms in total. The predicted molar refractivity (Wildman–Crippen MR) is 98.4 cm³/mol. The second-order valence-electron chi connectivity index (χ2n) is 6.45. The largest absolute Gasteiger partial charge is 0.422 e. The van der Waals surface area contributed by atoms with E-state index in [0.29, 0.717) is 12.2 Å². The number of benzene rings is 2. The summed E-state index contributed by atoms with van der Waals surface area (Å²) >= 11 is 0. The quantitative estimate of drug-likeness (QED) is 0.550. The molecule has 2 aliphatic heterocycles. The fourth-order valence-corrected chi connectivity index (χ4v) is 3.66. The van der Waals surface area contributed by atoms with Crippen molar-refractivity contribution in [2.75, 3.05) is 17.2 Å². The molecule has 2 aliphatic rings. The molecule has 2 aromatic carbocycles. The lowest BCUT2D eigenvalue weighted by Gasteiger charge is -2.38. The highest BCUT2D eigenvalue weighted by molar-refractivity contribution is 7.89. The van der Waals surface area contributed by atoms with Crippen LogP contribution in [0.5, 0.6) is 5.75 Å². The maximum atomic E-state index is 12.7. The first-order chi connectivity index (χ1) is 12.3. The van der Waals surface area contributed by atoms with E-state index in [4.69, 9.17) is 9.88 Å². The van der Waals surface area contributed by atoms with E-state index in [1.807, 2.05) is 30.3 Å². The second kappa shape index (κ2) is 5.58. The highest BCUT2D eigenvalue weighted by Gasteiger charge is 2.43. The maximum Gasteiger partial charge on any atom is 0.341 e. The van der Waals surface area contributed by atoms with Gasteiger partial charge < -0.3 is 15.4 Å². The van der Waals surface area contributed by atoms with Crippen molar-refractivity contribution in [3.8, 4) is 5.75 Å². The Hall–Kier alpha value is -2.84. The van der Waals surface area contributed by atoms with Crippen LogP contribution in [0, 0.1) is 0 Å². The Bertz CT molecular complexity index is 1060. The topological polar surface area (TPSA) is 111 Å². The number of sulfonamides is 1. The Morgan fingerprint density at radius 2 is 1.92 bits per heavy atom. The summed E-state index contributed by atoms with van der Waals surface area (Å²) in [5, 5.41) is 11.6. The van der Waals surface area contributed by atoms with E-state index in [0.717, 1.165) is 16.8 Å². The van der Waals surface area contributed by atoms with Crippen LogP contribution in [0.4, 0.5) is 11.4 Å². The van der Waals surface area contributed by atoms with Crippen LogP contribution in [-0.2, 0) is 14.8 Å². The second-order valence-corrected chi connectivity index (χ2v) is 8.01. The van der Waals surface area contributed by atoms with Crippen molar-refractivity contribution in [3.63, 3.8) is 0 Å². The van der Waals surface area contributed by atoms with E-state index < -0.39 is 21.5 Å². The molecule has 0 amide bonds. The van der Waals surface area contributed by atoms with Gasteiger partial charge in [-0.15, -0.1) is 0 Å². The summed E-state index contributed by atoms with van der Waals surface area (Å²) in [6.07, 6.45) is 1.96. The average molecular weight is 371 g/mol. The zero-order valence-corrected chi connectivity index (χ0v) is 14.8. The number of carbonyl (C=O) groups is 1. The molecule has 0 radical (unpaired) electrons. The molecule has 1 atom stereocenters. The molecule has 0 saturated heterocycles. The molecule has 2 aromatic rings. The van der Waals surface area contributed by atoms with Crippen molar-refractivity contribution >= 4 is 33.4 Å². The number of ether oxygens (including phenoxy) is 1. The number of fused-ring (bicyclic) bond motifs is 2. The fraction of sp³-hybridized carbons (Fsp3) is 0.167. The minimum Gasteiger partial charge on any atom is -0.422 e. The van der Waals surface area contributed by atoms with Crippen LogP contribution >= 0.6 is 0 Å². The molecule has 2 heterocycles. The molecule has 4 rings (SSSR count). The minimum atomic E-state index is -3.88. The molecule has 8 heteroatoms. The molecule has 0 spiro atoms. The summed E-state index contributed by atoms with van der Waals surface area (Å²) < 4.78 is 28.4. The molecular formula is C18H17N3O4S. The van der Waals surface area contributed by atoms with Crippen molar-refractivity contribution in [1.82, 2.24) is 0 Å². The smallest absolute Gasteiger partial charge is 0.341 e. The van der Waals surface area contributed by atoms with Crippen LogP contribution in [-0.4, -0.2) is 26.5 Å². The van der Waals surface area contributed by atoms with Gasteiger partial charge in [0.15, 0.2) is 11.3 Å². The SMILES string of the molecule is CC1(C2=Cc3ccccc3NC2)Nc2ccc(S(N)(=O)=O)cc2OC1=O. The number of hydrogen-bond donors (Lipinski definition) is 3. The monoisotopic (exact) mass is 371 g/mol. The Labute approximate surface area is 150 Å². The molecule has 0 saturated carbocycles. The third-order valence-electron chi connectivity index (χ3n) is 4.68. The minimum absolute atomic E-state index is 0.109. The molecule has 0 aliphatic carbocycles. The van der Waals surface area contributed by atoms with Gasteiger partial charge in [0.05, 0.1) is 10.6 Å². The molecule has 0 bridgehead atoms. The fourth-order valence-electron chi connectivity index (χ4n) is 3.14. The van der Waals surface area contributed by atoms with Gasteiger partial charge in [-0.1, -0.05) is 18.2 Å². The maximum absolute atomic E-state index is 12.7. The average Bonchev–Trinajstić information content (AvgIpc) is 2.61. The van der Waals surface area contributed by atoms with E-state index in [1.165, 1.54) is 12.1 Å². The van der Waals surface area contributed by atoms with Crippen molar-refractivity contribution < 1.29 is 17.9 Å². The normalized spacial score (nSPS) is 21.5. The third-order valence-corrected chi connectivity index (χ3v) is 5.59. The molecule has 0 fully saturated rings. The summed E-state index contributed by atoms with van der Waals surface area (Å²) in [5.74, 6) is -0.368. The highest BCUT2D eigenvalue weighted by atomic mass is 32.2. The number of primary sulfonamides is 1. The van der Waals surface area contributed by atoms with Crippen LogP contribution in [0.15, 0.2) is 52.9 Å². The van der Waals surface area contributed by atoms with Crippen molar-refractivity contribution in [2.24, 2.45) is 5.14 Å². The van der Waals surface area contributed by atoms with Gasteiger partial charge in [0, 0.05) is 18.3 Å². The first-order valence-corrected chi connectivity index (χ1v) is 9.53. The number of carbonyl (C=O) groups excluding carboxylic acids is 1. The molecular weight excluding hydrogens is 354 g/mol. The van der Waals surface area contributed by atoms with Crippen LogP contribution in [0.2, 0.25) is 0 Å². The molecule has 1 unspecified atom stereocenters. The van der Waals surface area contributed by atoms with Crippen molar-refractivity contribution in [3.05, 3.63) is 53.6 Å². The number of rotatable bonds is 2. The summed E-state index contributed by atoms with van der Waals surface area (Å²) in [6, 6.07) is 12.0. The number of anilines is 2. The summed E-state index contributed by atoms with van der Waals surface area (Å²) in [5.41, 5.74) is 2.26. The van der Waals surface area contributed by atoms with E-state index in [-0.39, 0.29) is 10.6 Å². The van der Waals surface area contributed by atoms with Gasteiger partial charge in [0.25, 0.3) is 0 Å². The summed E-state index contributed by atoms with van der Waals surface area (Å²) in [7, 11) is -3.88. The standard InChI is InChI=1S/C18H17N3O4S/c1-18(12-8-11-4-2-3-5-14(11)20-10-12)17(22)25-16-9-13(26(19,23)24)6-7-15(16)21-18/h2-9,20-21H,10H2,1H3,(H2,19,23,24). The lowest BCUT2D eigenvalue weighted by Crippen LogP contribution is -2.52. The van der Waals surface area contributed by atoms with Crippen LogP contribution < -0.4 is 20.5 Å². The number of esters is 1. The lowest BCUT2D eigenvalue weighted by atomic mass is 9.86. The Morgan fingerprint density at radius 1 is 1.15 bits per heavy atom. The van der Waals surface area contributed by atoms with Gasteiger partial charge in [-0.25, -0.2) is 18.4 Å². The van der Waals surface area contributed by atoms with Gasteiger partial charge in [-0.3, -0.25) is 0 Å². The van der Waals surface area contributed by atoms with Gasteiger partial charge in [0.2, 0.25) is 10.0 Å². The summed E-state index contributed by atoms with van der Waals surface area (Å²) in [4.78, 5) is 12.6. The van der Waals surface area contributed by atoms with Gasteiger partial charge in [-0.2, -0.15) is 0 Å². The number of para-hydroxylation sites is 1. The Kier molecular flexibility index (Phi) is 3.57. The molecule has 134 valence electrons. The number of nitrogens with two attached hydrogens (primary N) is 1. The van der Waals surface area contributed by atoms with E-state index in [2.05, 4.69) is 10.6 Å². The first kappa shape index (κ1) is 16.6. The van der Waals surface area contributed by atoms with Crippen molar-refractivity contribution in [2.45, 2.75) is 17.4 Å². The number of hydrogen-bond acceptors (Lipinski definition) is 6. The van der Waals surface area contributed by atoms with Crippen LogP contribution in [0.25, 0.3) is 6.08 Å². The highest BCUT2D eigenvalue weighted by Crippen LogP contribution is 2.39. The van der Waals surface area contributed by atoms with Gasteiger partial charge in [0.1, 0.15) is 0 Å².